The van der Waals surface area contributed by atoms with Gasteiger partial charge in [-0.1, -0.05) is 0 Å². The third-order valence-electron chi connectivity index (χ3n) is 4.91. The predicted molar refractivity (Wildman–Crippen MR) is 102 cm³/mol. The number of carbonyl (C=O) groups is 2. The van der Waals surface area contributed by atoms with Gasteiger partial charge in [0.15, 0.2) is 0 Å². The van der Waals surface area contributed by atoms with Crippen molar-refractivity contribution in [1.29, 1.82) is 0 Å². The van der Waals surface area contributed by atoms with Crippen LogP contribution < -0.4 is 5.32 Å². The van der Waals surface area contributed by atoms with Crippen LogP contribution in [0.3, 0.4) is 0 Å². The Morgan fingerprint density at radius 2 is 1.66 bits per heavy atom. The summed E-state index contributed by atoms with van der Waals surface area (Å²) in [5.74, 6) is -0.948. The van der Waals surface area contributed by atoms with E-state index in [2.05, 4.69) is 10.3 Å². The largest absolute Gasteiger partial charge is 0.418 e. The molecule has 1 aliphatic heterocycles. The third kappa shape index (κ3) is 4.33. The smallest absolute Gasteiger partial charge is 0.388 e. The van der Waals surface area contributed by atoms with E-state index in [0.717, 1.165) is 23.4 Å². The molecule has 2 amide bonds. The monoisotopic (exact) mass is 406 g/mol. The summed E-state index contributed by atoms with van der Waals surface area (Å²) in [6, 6.07) is 7.33. The van der Waals surface area contributed by atoms with E-state index in [1.54, 1.807) is 24.1 Å². The number of nitrogens with zero attached hydrogens (tertiary/aromatic N) is 3. The molecule has 0 saturated carbocycles. The topological polar surface area (TPSA) is 65.5 Å². The number of pyridine rings is 1. The standard InChI is InChI=1S/C20H21F3N4O2/c1-13-12-14(5-6-16(13)24-2)18(28)26-8-10-27(11-9-26)19(29)17-15(20(21,22)23)4-3-7-25-17/h3-7,12,24H,8-11H2,1-2H3. The summed E-state index contributed by atoms with van der Waals surface area (Å²) >= 11 is 0. The molecule has 0 aliphatic carbocycles. The van der Waals surface area contributed by atoms with Crippen LogP contribution in [0.1, 0.15) is 32.0 Å². The molecule has 1 aromatic heterocycles. The molecule has 154 valence electrons. The molecule has 2 heterocycles. The van der Waals surface area contributed by atoms with Gasteiger partial charge in [0.05, 0.1) is 5.56 Å². The molecule has 0 radical (unpaired) electrons. The van der Waals surface area contributed by atoms with Crippen molar-refractivity contribution in [3.05, 3.63) is 58.9 Å². The van der Waals surface area contributed by atoms with Gasteiger partial charge in [-0.05, 0) is 42.8 Å². The van der Waals surface area contributed by atoms with E-state index in [1.807, 2.05) is 13.0 Å². The Kier molecular flexibility index (Phi) is 5.76. The Morgan fingerprint density at radius 1 is 1.03 bits per heavy atom. The molecule has 1 N–H and O–H groups in total. The van der Waals surface area contributed by atoms with Crippen LogP contribution >= 0.6 is 0 Å². The number of hydrogen-bond donors (Lipinski definition) is 1. The average Bonchev–Trinajstić information content (AvgIpc) is 2.72. The number of nitrogens with one attached hydrogen (secondary N) is 1. The Hall–Kier alpha value is -3.10. The summed E-state index contributed by atoms with van der Waals surface area (Å²) in [6.45, 7) is 2.67. The zero-order chi connectivity index (χ0) is 21.2. The van der Waals surface area contributed by atoms with Gasteiger partial charge in [0.25, 0.3) is 11.8 Å². The number of carbonyl (C=O) groups excluding carboxylic acids is 2. The van der Waals surface area contributed by atoms with Crippen LogP contribution in [0.4, 0.5) is 18.9 Å². The number of alkyl halides is 3. The van der Waals surface area contributed by atoms with Crippen LogP contribution in [0.15, 0.2) is 36.5 Å². The van der Waals surface area contributed by atoms with Gasteiger partial charge in [0.1, 0.15) is 5.69 Å². The lowest BCUT2D eigenvalue weighted by molar-refractivity contribution is -0.138. The maximum atomic E-state index is 13.2. The van der Waals surface area contributed by atoms with Gasteiger partial charge in [-0.3, -0.25) is 14.6 Å². The quantitative estimate of drug-likeness (QED) is 0.851. The number of anilines is 1. The van der Waals surface area contributed by atoms with E-state index in [9.17, 15) is 22.8 Å². The van der Waals surface area contributed by atoms with E-state index in [1.165, 1.54) is 11.1 Å². The van der Waals surface area contributed by atoms with E-state index >= 15 is 0 Å². The van der Waals surface area contributed by atoms with E-state index < -0.39 is 23.3 Å². The van der Waals surface area contributed by atoms with Crippen molar-refractivity contribution in [2.24, 2.45) is 0 Å². The highest BCUT2D eigenvalue weighted by Gasteiger charge is 2.37. The van der Waals surface area contributed by atoms with Crippen molar-refractivity contribution in [2.45, 2.75) is 13.1 Å². The first-order valence-electron chi connectivity index (χ1n) is 9.11. The van der Waals surface area contributed by atoms with Crippen LogP contribution in [-0.2, 0) is 6.18 Å². The van der Waals surface area contributed by atoms with Gasteiger partial charge < -0.3 is 15.1 Å². The zero-order valence-corrected chi connectivity index (χ0v) is 16.1. The van der Waals surface area contributed by atoms with Gasteiger partial charge >= 0.3 is 6.18 Å². The molecular formula is C20H21F3N4O2. The molecule has 1 fully saturated rings. The molecule has 6 nitrogen and oxygen atoms in total. The van der Waals surface area contributed by atoms with Crippen molar-refractivity contribution in [3.8, 4) is 0 Å². The normalized spacial score (nSPS) is 14.7. The van der Waals surface area contributed by atoms with Crippen LogP contribution in [0, 0.1) is 6.92 Å². The highest BCUT2D eigenvalue weighted by atomic mass is 19.4. The summed E-state index contributed by atoms with van der Waals surface area (Å²) in [4.78, 5) is 31.9. The SMILES string of the molecule is CNc1ccc(C(=O)N2CCN(C(=O)c3ncccc3C(F)(F)F)CC2)cc1C. The molecule has 9 heteroatoms. The molecule has 29 heavy (non-hydrogen) atoms. The number of benzene rings is 1. The second-order valence-electron chi connectivity index (χ2n) is 6.76. The van der Waals surface area contributed by atoms with E-state index in [-0.39, 0.29) is 32.1 Å². The Bertz CT molecular complexity index is 922. The van der Waals surface area contributed by atoms with Crippen LogP contribution in [0.25, 0.3) is 0 Å². The number of aryl methyl sites for hydroxylation is 1. The maximum absolute atomic E-state index is 13.2. The molecule has 1 aliphatic rings. The number of aromatic nitrogens is 1. The van der Waals surface area contributed by atoms with E-state index in [0.29, 0.717) is 5.56 Å². The first-order chi connectivity index (χ1) is 13.7. The number of hydrogen-bond acceptors (Lipinski definition) is 4. The van der Waals surface area contributed by atoms with Gasteiger partial charge in [0.2, 0.25) is 0 Å². The minimum atomic E-state index is -4.66. The molecule has 1 aromatic carbocycles. The molecule has 0 bridgehead atoms. The lowest BCUT2D eigenvalue weighted by atomic mass is 10.1. The Morgan fingerprint density at radius 3 is 2.21 bits per heavy atom. The maximum Gasteiger partial charge on any atom is 0.418 e. The van der Waals surface area contributed by atoms with Crippen molar-refractivity contribution >= 4 is 17.5 Å². The van der Waals surface area contributed by atoms with Gasteiger partial charge in [0, 0.05) is 50.7 Å². The van der Waals surface area contributed by atoms with Gasteiger partial charge in [-0.15, -0.1) is 0 Å². The highest BCUT2D eigenvalue weighted by Crippen LogP contribution is 2.31. The Labute approximate surface area is 166 Å². The molecule has 1 saturated heterocycles. The van der Waals surface area contributed by atoms with Crippen molar-refractivity contribution in [3.63, 3.8) is 0 Å². The number of rotatable bonds is 3. The number of halogens is 3. The lowest BCUT2D eigenvalue weighted by Gasteiger charge is -2.35. The van der Waals surface area contributed by atoms with Gasteiger partial charge in [-0.2, -0.15) is 13.2 Å². The third-order valence-corrected chi connectivity index (χ3v) is 4.91. The summed E-state index contributed by atoms with van der Waals surface area (Å²) in [7, 11) is 1.80. The number of amides is 2. The first kappa shape index (κ1) is 20.6. The minimum absolute atomic E-state index is 0.145. The molecule has 0 atom stereocenters. The molecule has 2 aromatic rings. The van der Waals surface area contributed by atoms with Crippen LogP contribution in [-0.4, -0.2) is 59.8 Å². The minimum Gasteiger partial charge on any atom is -0.388 e. The van der Waals surface area contributed by atoms with Crippen molar-refractivity contribution in [2.75, 3.05) is 38.5 Å². The number of piperazine rings is 1. The predicted octanol–water partition coefficient (Wildman–Crippen LogP) is 3.05. The second-order valence-corrected chi connectivity index (χ2v) is 6.76. The van der Waals surface area contributed by atoms with Crippen molar-refractivity contribution in [1.82, 2.24) is 14.8 Å². The average molecular weight is 406 g/mol. The molecule has 0 unspecified atom stereocenters. The van der Waals surface area contributed by atoms with Crippen LogP contribution in [0.2, 0.25) is 0 Å². The van der Waals surface area contributed by atoms with Crippen molar-refractivity contribution < 1.29 is 22.8 Å². The summed E-state index contributed by atoms with van der Waals surface area (Å²) < 4.78 is 39.5. The highest BCUT2D eigenvalue weighted by molar-refractivity contribution is 5.96. The first-order valence-corrected chi connectivity index (χ1v) is 9.11. The Balaban J connectivity index is 1.69. The fourth-order valence-electron chi connectivity index (χ4n) is 3.33. The van der Waals surface area contributed by atoms with E-state index in [4.69, 9.17) is 0 Å². The molecular weight excluding hydrogens is 385 g/mol. The molecule has 3 rings (SSSR count). The second kappa shape index (κ2) is 8.10. The lowest BCUT2D eigenvalue weighted by Crippen LogP contribution is -2.51. The zero-order valence-electron chi connectivity index (χ0n) is 16.1. The van der Waals surface area contributed by atoms with Gasteiger partial charge in [-0.25, -0.2) is 0 Å². The summed E-state index contributed by atoms with van der Waals surface area (Å²) in [6.07, 6.45) is -3.49. The summed E-state index contributed by atoms with van der Waals surface area (Å²) in [5.41, 5.74) is 0.724. The fraction of sp³-hybridized carbons (Fsp3) is 0.350. The fourth-order valence-corrected chi connectivity index (χ4v) is 3.33. The molecule has 0 spiro atoms. The van der Waals surface area contributed by atoms with Crippen LogP contribution in [0.5, 0.6) is 0 Å². The summed E-state index contributed by atoms with van der Waals surface area (Å²) in [5, 5.41) is 3.03.